The molecule has 0 unspecified atom stereocenters. The Hall–Kier alpha value is -0.340. The summed E-state index contributed by atoms with van der Waals surface area (Å²) in [6, 6.07) is 0. The highest BCUT2D eigenvalue weighted by Crippen LogP contribution is 2.36. The van der Waals surface area contributed by atoms with E-state index < -0.39 is 0 Å². The molecule has 0 N–H and O–H groups in total. The van der Waals surface area contributed by atoms with Crippen LogP contribution in [0.4, 0.5) is 0 Å². The molecular formula is C21H38O2. The van der Waals surface area contributed by atoms with E-state index in [9.17, 15) is 0 Å². The van der Waals surface area contributed by atoms with Crippen molar-refractivity contribution >= 4 is 0 Å². The van der Waals surface area contributed by atoms with Gasteiger partial charge in [-0.15, -0.1) is 0 Å². The zero-order valence-electron chi connectivity index (χ0n) is 15.5. The first-order valence-electron chi connectivity index (χ1n) is 9.99. The van der Waals surface area contributed by atoms with Gasteiger partial charge in [0.15, 0.2) is 0 Å². The number of rotatable bonds is 9. The van der Waals surface area contributed by atoms with Gasteiger partial charge in [-0.2, -0.15) is 0 Å². The van der Waals surface area contributed by atoms with E-state index in [0.29, 0.717) is 0 Å². The summed E-state index contributed by atoms with van der Waals surface area (Å²) in [6.45, 7) is 4.80. The van der Waals surface area contributed by atoms with Gasteiger partial charge in [-0.1, -0.05) is 50.7 Å². The lowest BCUT2D eigenvalue weighted by molar-refractivity contribution is 0.0919. The maximum Gasteiger partial charge on any atom is 0.0647 e. The Kier molecular flexibility index (Phi) is 9.29. The molecule has 0 amide bonds. The monoisotopic (exact) mass is 322 g/mol. The van der Waals surface area contributed by atoms with Crippen molar-refractivity contribution in [3.05, 3.63) is 12.2 Å². The van der Waals surface area contributed by atoms with E-state index in [1.54, 1.807) is 0 Å². The molecule has 2 rings (SSSR count). The summed E-state index contributed by atoms with van der Waals surface area (Å²) in [7, 11) is 1.84. The fraction of sp³-hybridized carbons (Fsp3) is 0.905. The van der Waals surface area contributed by atoms with Crippen molar-refractivity contribution in [3.8, 4) is 0 Å². The third-order valence-electron chi connectivity index (χ3n) is 6.12. The molecule has 0 saturated heterocycles. The normalized spacial score (nSPS) is 32.4. The molecule has 0 atom stereocenters. The molecule has 2 saturated carbocycles. The van der Waals surface area contributed by atoms with Gasteiger partial charge in [0.2, 0.25) is 0 Å². The van der Waals surface area contributed by atoms with Crippen molar-refractivity contribution in [2.45, 2.75) is 71.1 Å². The average Bonchev–Trinajstić information content (AvgIpc) is 2.59. The zero-order chi connectivity index (χ0) is 16.3. The van der Waals surface area contributed by atoms with Gasteiger partial charge in [0, 0.05) is 20.3 Å². The van der Waals surface area contributed by atoms with Crippen LogP contribution in [-0.4, -0.2) is 26.9 Å². The molecule has 0 bridgehead atoms. The molecule has 0 heterocycles. The van der Waals surface area contributed by atoms with Crippen molar-refractivity contribution in [1.29, 1.82) is 0 Å². The molecule has 2 nitrogen and oxygen atoms in total. The van der Waals surface area contributed by atoms with Gasteiger partial charge in [0.05, 0.1) is 6.61 Å². The van der Waals surface area contributed by atoms with Gasteiger partial charge >= 0.3 is 0 Å². The summed E-state index contributed by atoms with van der Waals surface area (Å²) < 4.78 is 11.0. The molecule has 2 aliphatic carbocycles. The fourth-order valence-electron chi connectivity index (χ4n) is 4.48. The number of hydrogen-bond acceptors (Lipinski definition) is 2. The lowest BCUT2D eigenvalue weighted by atomic mass is 9.76. The Morgan fingerprint density at radius 2 is 1.22 bits per heavy atom. The topological polar surface area (TPSA) is 18.5 Å². The number of hydrogen-bond donors (Lipinski definition) is 0. The highest BCUT2D eigenvalue weighted by atomic mass is 16.5. The molecule has 2 heteroatoms. The van der Waals surface area contributed by atoms with E-state index in [-0.39, 0.29) is 0 Å². The Morgan fingerprint density at radius 3 is 1.70 bits per heavy atom. The Morgan fingerprint density at radius 1 is 0.739 bits per heavy atom. The van der Waals surface area contributed by atoms with E-state index >= 15 is 0 Å². The van der Waals surface area contributed by atoms with Crippen molar-refractivity contribution in [1.82, 2.24) is 0 Å². The summed E-state index contributed by atoms with van der Waals surface area (Å²) in [4.78, 5) is 0. The Bertz CT molecular complexity index is 310. The average molecular weight is 323 g/mol. The quantitative estimate of drug-likeness (QED) is 0.405. The first kappa shape index (κ1) is 19.0. The van der Waals surface area contributed by atoms with Crippen LogP contribution in [0.2, 0.25) is 0 Å². The second-order valence-electron chi connectivity index (χ2n) is 7.91. The minimum Gasteiger partial charge on any atom is -0.384 e. The van der Waals surface area contributed by atoms with E-state index in [4.69, 9.17) is 9.47 Å². The molecule has 23 heavy (non-hydrogen) atoms. The van der Waals surface area contributed by atoms with Gasteiger partial charge in [0.1, 0.15) is 0 Å². The Labute approximate surface area is 144 Å². The molecule has 2 fully saturated rings. The molecule has 0 aromatic rings. The van der Waals surface area contributed by atoms with E-state index in [2.05, 4.69) is 19.1 Å². The molecule has 0 aliphatic heterocycles. The van der Waals surface area contributed by atoms with Crippen LogP contribution in [0, 0.1) is 23.7 Å². The van der Waals surface area contributed by atoms with Gasteiger partial charge in [-0.05, 0) is 56.3 Å². The minimum absolute atomic E-state index is 0.794. The minimum atomic E-state index is 0.794. The first-order chi connectivity index (χ1) is 11.3. The first-order valence-corrected chi connectivity index (χ1v) is 9.99. The SMILES string of the molecule is C/C=C\COCC1CCC(CC[C@H]2CC[C@H](COC)CC2)CC1. The summed E-state index contributed by atoms with van der Waals surface area (Å²) in [5.41, 5.74) is 0. The lowest BCUT2D eigenvalue weighted by Crippen LogP contribution is -2.21. The van der Waals surface area contributed by atoms with Crippen LogP contribution in [-0.2, 0) is 9.47 Å². The lowest BCUT2D eigenvalue weighted by Gasteiger charge is -2.31. The van der Waals surface area contributed by atoms with Crippen LogP contribution in [0.5, 0.6) is 0 Å². The van der Waals surface area contributed by atoms with E-state index in [1.165, 1.54) is 64.2 Å². The molecule has 0 spiro atoms. The molecule has 134 valence electrons. The summed E-state index contributed by atoms with van der Waals surface area (Å²) in [5.74, 6) is 3.67. The number of allylic oxidation sites excluding steroid dienone is 1. The van der Waals surface area contributed by atoms with Gasteiger partial charge in [-0.3, -0.25) is 0 Å². The van der Waals surface area contributed by atoms with Gasteiger partial charge in [-0.25, -0.2) is 0 Å². The molecule has 2 aliphatic rings. The standard InChI is InChI=1S/C21H38O2/c1-3-4-15-23-17-21-13-9-19(10-14-21)6-5-18-7-11-20(12-8-18)16-22-2/h3-4,18-21H,5-17H2,1-2H3/b4-3-/t18-,19?,20-,21?. The van der Waals surface area contributed by atoms with E-state index in [0.717, 1.165) is 43.5 Å². The van der Waals surface area contributed by atoms with Crippen LogP contribution in [0.25, 0.3) is 0 Å². The smallest absolute Gasteiger partial charge is 0.0647 e. The van der Waals surface area contributed by atoms with Crippen LogP contribution >= 0.6 is 0 Å². The van der Waals surface area contributed by atoms with Crippen molar-refractivity contribution in [2.24, 2.45) is 23.7 Å². The molecular weight excluding hydrogens is 284 g/mol. The van der Waals surface area contributed by atoms with Crippen molar-refractivity contribution in [3.63, 3.8) is 0 Å². The summed E-state index contributed by atoms with van der Waals surface area (Å²) in [6.07, 6.45) is 18.5. The second kappa shape index (κ2) is 11.3. The van der Waals surface area contributed by atoms with Crippen LogP contribution in [0.15, 0.2) is 12.2 Å². The predicted octanol–water partition coefficient (Wildman–Crippen LogP) is 5.62. The van der Waals surface area contributed by atoms with Crippen LogP contribution < -0.4 is 0 Å². The highest BCUT2D eigenvalue weighted by Gasteiger charge is 2.24. The maximum absolute atomic E-state index is 5.74. The third-order valence-corrected chi connectivity index (χ3v) is 6.12. The zero-order valence-corrected chi connectivity index (χ0v) is 15.5. The van der Waals surface area contributed by atoms with Crippen LogP contribution in [0.3, 0.4) is 0 Å². The van der Waals surface area contributed by atoms with Crippen molar-refractivity contribution in [2.75, 3.05) is 26.9 Å². The third kappa shape index (κ3) is 7.39. The van der Waals surface area contributed by atoms with E-state index in [1.807, 2.05) is 7.11 Å². The van der Waals surface area contributed by atoms with Gasteiger partial charge < -0.3 is 9.47 Å². The van der Waals surface area contributed by atoms with Gasteiger partial charge in [0.25, 0.3) is 0 Å². The molecule has 0 aromatic carbocycles. The Balaban J connectivity index is 1.51. The summed E-state index contributed by atoms with van der Waals surface area (Å²) >= 11 is 0. The second-order valence-corrected chi connectivity index (χ2v) is 7.91. The fourth-order valence-corrected chi connectivity index (χ4v) is 4.48. The summed E-state index contributed by atoms with van der Waals surface area (Å²) in [5, 5.41) is 0. The predicted molar refractivity (Wildman–Crippen MR) is 97.6 cm³/mol. The molecule has 0 radical (unpaired) electrons. The highest BCUT2D eigenvalue weighted by molar-refractivity contribution is 4.78. The largest absolute Gasteiger partial charge is 0.384 e. The molecule has 0 aromatic heterocycles. The number of methoxy groups -OCH3 is 1. The van der Waals surface area contributed by atoms with Crippen molar-refractivity contribution < 1.29 is 9.47 Å². The number of ether oxygens (including phenoxy) is 2. The van der Waals surface area contributed by atoms with Crippen LogP contribution in [0.1, 0.15) is 71.1 Å². The maximum atomic E-state index is 5.74.